The third kappa shape index (κ3) is 3.74. The first-order chi connectivity index (χ1) is 7.55. The summed E-state index contributed by atoms with van der Waals surface area (Å²) >= 11 is 0. The maximum Gasteiger partial charge on any atom is 0.0579 e. The second-order valence-electron chi connectivity index (χ2n) is 6.62. The smallest absolute Gasteiger partial charge is 0.0579 e. The first kappa shape index (κ1) is 12.4. The van der Waals surface area contributed by atoms with Gasteiger partial charge in [-0.05, 0) is 50.0 Å². The van der Waals surface area contributed by atoms with Crippen molar-refractivity contribution in [1.82, 2.24) is 5.32 Å². The van der Waals surface area contributed by atoms with Gasteiger partial charge in [0.1, 0.15) is 0 Å². The van der Waals surface area contributed by atoms with Gasteiger partial charge in [0.05, 0.1) is 6.10 Å². The molecule has 0 aromatic carbocycles. The molecule has 0 spiro atoms. The van der Waals surface area contributed by atoms with Gasteiger partial charge in [-0.3, -0.25) is 0 Å². The molecule has 0 amide bonds. The van der Waals surface area contributed by atoms with Gasteiger partial charge >= 0.3 is 0 Å². The Morgan fingerprint density at radius 2 is 2.00 bits per heavy atom. The van der Waals surface area contributed by atoms with Crippen LogP contribution >= 0.6 is 0 Å². The van der Waals surface area contributed by atoms with E-state index in [9.17, 15) is 0 Å². The Kier molecular flexibility index (Phi) is 3.91. The summed E-state index contributed by atoms with van der Waals surface area (Å²) in [7, 11) is 0. The van der Waals surface area contributed by atoms with Crippen LogP contribution in [0, 0.1) is 11.3 Å². The van der Waals surface area contributed by atoms with E-state index in [0.717, 1.165) is 18.6 Å². The van der Waals surface area contributed by atoms with Crippen molar-refractivity contribution in [2.45, 2.75) is 65.0 Å². The van der Waals surface area contributed by atoms with Crippen LogP contribution in [-0.4, -0.2) is 25.3 Å². The Morgan fingerprint density at radius 3 is 2.50 bits per heavy atom. The van der Waals surface area contributed by atoms with Crippen molar-refractivity contribution in [3.63, 3.8) is 0 Å². The van der Waals surface area contributed by atoms with Gasteiger partial charge in [0.15, 0.2) is 0 Å². The van der Waals surface area contributed by atoms with Crippen LogP contribution in [0.2, 0.25) is 0 Å². The molecule has 2 nitrogen and oxygen atoms in total. The SMILES string of the molecule is CC(C)(C)C(CNC1CC1)CC1CCCO1. The molecule has 1 saturated carbocycles. The third-order valence-electron chi connectivity index (χ3n) is 4.03. The van der Waals surface area contributed by atoms with Crippen LogP contribution in [0.15, 0.2) is 0 Å². The molecular weight excluding hydrogens is 198 g/mol. The second-order valence-corrected chi connectivity index (χ2v) is 6.62. The highest BCUT2D eigenvalue weighted by Crippen LogP contribution is 2.33. The van der Waals surface area contributed by atoms with Gasteiger partial charge in [0.2, 0.25) is 0 Å². The topological polar surface area (TPSA) is 21.3 Å². The van der Waals surface area contributed by atoms with Gasteiger partial charge in [0.25, 0.3) is 0 Å². The van der Waals surface area contributed by atoms with Crippen LogP contribution in [0.4, 0.5) is 0 Å². The van der Waals surface area contributed by atoms with Crippen molar-refractivity contribution in [3.05, 3.63) is 0 Å². The van der Waals surface area contributed by atoms with Gasteiger partial charge in [-0.15, -0.1) is 0 Å². The average molecular weight is 225 g/mol. The maximum atomic E-state index is 5.77. The fraction of sp³-hybridized carbons (Fsp3) is 1.00. The number of nitrogens with one attached hydrogen (secondary N) is 1. The van der Waals surface area contributed by atoms with E-state index in [1.807, 2.05) is 0 Å². The molecule has 2 rings (SSSR count). The van der Waals surface area contributed by atoms with Crippen LogP contribution in [0.5, 0.6) is 0 Å². The Morgan fingerprint density at radius 1 is 1.25 bits per heavy atom. The molecule has 0 aromatic heterocycles. The second kappa shape index (κ2) is 5.05. The molecule has 0 bridgehead atoms. The molecular formula is C14H27NO. The largest absolute Gasteiger partial charge is 0.378 e. The monoisotopic (exact) mass is 225 g/mol. The summed E-state index contributed by atoms with van der Waals surface area (Å²) < 4.78 is 5.77. The quantitative estimate of drug-likeness (QED) is 0.776. The zero-order valence-electron chi connectivity index (χ0n) is 11.1. The summed E-state index contributed by atoms with van der Waals surface area (Å²) in [5, 5.41) is 3.68. The predicted octanol–water partition coefficient (Wildman–Crippen LogP) is 2.97. The Bertz CT molecular complexity index is 211. The summed E-state index contributed by atoms with van der Waals surface area (Å²) in [5.74, 6) is 0.746. The first-order valence-corrected chi connectivity index (χ1v) is 6.90. The molecule has 0 radical (unpaired) electrons. The van der Waals surface area contributed by atoms with Crippen molar-refractivity contribution in [3.8, 4) is 0 Å². The van der Waals surface area contributed by atoms with E-state index in [2.05, 4.69) is 26.1 Å². The highest BCUT2D eigenvalue weighted by Gasteiger charge is 2.31. The van der Waals surface area contributed by atoms with Gasteiger partial charge in [-0.2, -0.15) is 0 Å². The van der Waals surface area contributed by atoms with Crippen LogP contribution in [0.3, 0.4) is 0 Å². The lowest BCUT2D eigenvalue weighted by molar-refractivity contribution is 0.0662. The summed E-state index contributed by atoms with van der Waals surface area (Å²) in [6.07, 6.45) is 7.08. The van der Waals surface area contributed by atoms with Crippen LogP contribution < -0.4 is 5.32 Å². The summed E-state index contributed by atoms with van der Waals surface area (Å²) in [6, 6.07) is 0.828. The number of hydrogen-bond donors (Lipinski definition) is 1. The first-order valence-electron chi connectivity index (χ1n) is 6.90. The number of ether oxygens (including phenoxy) is 1. The highest BCUT2D eigenvalue weighted by molar-refractivity contribution is 4.86. The molecule has 2 aliphatic rings. The zero-order chi connectivity index (χ0) is 11.6. The molecule has 2 unspecified atom stereocenters. The molecule has 1 aliphatic heterocycles. The third-order valence-corrected chi connectivity index (χ3v) is 4.03. The molecule has 1 aliphatic carbocycles. The van der Waals surface area contributed by atoms with Crippen molar-refractivity contribution in [1.29, 1.82) is 0 Å². The maximum absolute atomic E-state index is 5.77. The lowest BCUT2D eigenvalue weighted by Gasteiger charge is -2.32. The normalized spacial score (nSPS) is 28.3. The van der Waals surface area contributed by atoms with E-state index in [1.54, 1.807) is 0 Å². The summed E-state index contributed by atoms with van der Waals surface area (Å²) in [4.78, 5) is 0. The molecule has 2 atom stereocenters. The van der Waals surface area contributed by atoms with E-state index < -0.39 is 0 Å². The minimum atomic E-state index is 0.397. The standard InChI is InChI=1S/C14H27NO/c1-14(2,3)11(10-15-12-6-7-12)9-13-5-4-8-16-13/h11-13,15H,4-10H2,1-3H3. The molecule has 1 heterocycles. The van der Waals surface area contributed by atoms with Gasteiger partial charge in [0, 0.05) is 12.6 Å². The van der Waals surface area contributed by atoms with Gasteiger partial charge < -0.3 is 10.1 Å². The van der Waals surface area contributed by atoms with Crippen molar-refractivity contribution in [2.75, 3.05) is 13.2 Å². The molecule has 2 heteroatoms. The average Bonchev–Trinajstić information content (AvgIpc) is 2.87. The molecule has 1 N–H and O–H groups in total. The molecule has 16 heavy (non-hydrogen) atoms. The van der Waals surface area contributed by atoms with Gasteiger partial charge in [-0.25, -0.2) is 0 Å². The summed E-state index contributed by atoms with van der Waals surface area (Å²) in [6.45, 7) is 9.25. The van der Waals surface area contributed by atoms with E-state index >= 15 is 0 Å². The molecule has 2 fully saturated rings. The zero-order valence-corrected chi connectivity index (χ0v) is 11.1. The van der Waals surface area contributed by atoms with Crippen LogP contribution in [-0.2, 0) is 4.74 Å². The minimum absolute atomic E-state index is 0.397. The fourth-order valence-corrected chi connectivity index (χ4v) is 2.49. The molecule has 1 saturated heterocycles. The Balaban J connectivity index is 1.80. The van der Waals surface area contributed by atoms with Gasteiger partial charge in [-0.1, -0.05) is 20.8 Å². The van der Waals surface area contributed by atoms with Crippen molar-refractivity contribution in [2.24, 2.45) is 11.3 Å². The van der Waals surface area contributed by atoms with E-state index in [0.29, 0.717) is 11.5 Å². The van der Waals surface area contributed by atoms with E-state index in [1.165, 1.54) is 38.6 Å². The number of rotatable bonds is 5. The molecule has 0 aromatic rings. The summed E-state index contributed by atoms with van der Waals surface area (Å²) in [5.41, 5.74) is 0.397. The van der Waals surface area contributed by atoms with Crippen LogP contribution in [0.25, 0.3) is 0 Å². The Hall–Kier alpha value is -0.0800. The van der Waals surface area contributed by atoms with Crippen LogP contribution in [0.1, 0.15) is 52.9 Å². The predicted molar refractivity (Wildman–Crippen MR) is 67.6 cm³/mol. The van der Waals surface area contributed by atoms with E-state index in [-0.39, 0.29) is 0 Å². The lowest BCUT2D eigenvalue weighted by Crippen LogP contribution is -2.35. The van der Waals surface area contributed by atoms with Crippen molar-refractivity contribution >= 4 is 0 Å². The lowest BCUT2D eigenvalue weighted by atomic mass is 9.77. The highest BCUT2D eigenvalue weighted by atomic mass is 16.5. The fourth-order valence-electron chi connectivity index (χ4n) is 2.49. The van der Waals surface area contributed by atoms with E-state index in [4.69, 9.17) is 4.74 Å². The number of hydrogen-bond acceptors (Lipinski definition) is 2. The Labute approximate surface area is 100 Å². The molecule has 94 valence electrons. The minimum Gasteiger partial charge on any atom is -0.378 e. The van der Waals surface area contributed by atoms with Crippen molar-refractivity contribution < 1.29 is 4.74 Å².